The highest BCUT2D eigenvalue weighted by Crippen LogP contribution is 2.29. The molecule has 0 saturated carbocycles. The second-order valence-corrected chi connectivity index (χ2v) is 6.32. The number of ether oxygens (including phenoxy) is 1. The summed E-state index contributed by atoms with van der Waals surface area (Å²) in [6.45, 7) is 3.59. The van der Waals surface area contributed by atoms with Crippen LogP contribution in [0.3, 0.4) is 0 Å². The Balaban J connectivity index is 1.82. The molecule has 1 atom stereocenters. The van der Waals surface area contributed by atoms with E-state index in [-0.39, 0.29) is 17.8 Å². The summed E-state index contributed by atoms with van der Waals surface area (Å²) in [6.07, 6.45) is 6.43. The van der Waals surface area contributed by atoms with Crippen molar-refractivity contribution in [3.63, 3.8) is 0 Å². The van der Waals surface area contributed by atoms with Gasteiger partial charge in [-0.15, -0.1) is 0 Å². The Morgan fingerprint density at radius 3 is 2.96 bits per heavy atom. The van der Waals surface area contributed by atoms with Crippen molar-refractivity contribution < 1.29 is 14.6 Å². The molecular formula is C20H24N2O3. The Morgan fingerprint density at radius 2 is 2.20 bits per heavy atom. The van der Waals surface area contributed by atoms with Gasteiger partial charge in [0.2, 0.25) is 0 Å². The number of piperidine rings is 1. The van der Waals surface area contributed by atoms with Crippen LogP contribution in [0.5, 0.6) is 5.75 Å². The van der Waals surface area contributed by atoms with Crippen LogP contribution in [-0.4, -0.2) is 40.2 Å². The van der Waals surface area contributed by atoms with Gasteiger partial charge in [0, 0.05) is 30.1 Å². The van der Waals surface area contributed by atoms with Crippen molar-refractivity contribution in [1.29, 1.82) is 0 Å². The quantitative estimate of drug-likeness (QED) is 0.846. The molecule has 1 fully saturated rings. The van der Waals surface area contributed by atoms with Gasteiger partial charge in [-0.2, -0.15) is 0 Å². The maximum Gasteiger partial charge on any atom is 0.323 e. The first-order valence-corrected chi connectivity index (χ1v) is 8.82. The van der Waals surface area contributed by atoms with Gasteiger partial charge in [0.05, 0.1) is 6.61 Å². The Kier molecular flexibility index (Phi) is 5.66. The molecule has 25 heavy (non-hydrogen) atoms. The molecule has 0 amide bonds. The SMILES string of the molecule is CCOC(=O)[C@@H]1CCCCN1Cc1cc(-c2cccnc2)ccc1O. The summed E-state index contributed by atoms with van der Waals surface area (Å²) < 4.78 is 5.22. The van der Waals surface area contributed by atoms with Crippen LogP contribution in [0.2, 0.25) is 0 Å². The van der Waals surface area contributed by atoms with Crippen LogP contribution in [-0.2, 0) is 16.1 Å². The minimum absolute atomic E-state index is 0.162. The van der Waals surface area contributed by atoms with Crippen LogP contribution >= 0.6 is 0 Å². The first kappa shape index (κ1) is 17.4. The number of nitrogens with zero attached hydrogens (tertiary/aromatic N) is 2. The Morgan fingerprint density at radius 1 is 1.32 bits per heavy atom. The molecule has 0 unspecified atom stereocenters. The minimum Gasteiger partial charge on any atom is -0.508 e. The molecule has 3 rings (SSSR count). The van der Waals surface area contributed by atoms with E-state index in [1.165, 1.54) is 0 Å². The van der Waals surface area contributed by atoms with E-state index in [1.807, 2.05) is 31.2 Å². The number of likely N-dealkylation sites (tertiary alicyclic amines) is 1. The molecule has 0 bridgehead atoms. The maximum atomic E-state index is 12.2. The monoisotopic (exact) mass is 340 g/mol. The number of hydrogen-bond donors (Lipinski definition) is 1. The van der Waals surface area contributed by atoms with Crippen molar-refractivity contribution in [3.8, 4) is 16.9 Å². The van der Waals surface area contributed by atoms with Gasteiger partial charge in [-0.3, -0.25) is 14.7 Å². The van der Waals surface area contributed by atoms with Gasteiger partial charge in [0.1, 0.15) is 11.8 Å². The standard InChI is InChI=1S/C20H24N2O3/c1-2-25-20(24)18-7-3-4-11-22(18)14-17-12-15(8-9-19(17)23)16-6-5-10-21-13-16/h5-6,8-10,12-13,18,23H,2-4,7,11,14H2,1H3/t18-/m0/s1. The van der Waals surface area contributed by atoms with Crippen molar-refractivity contribution in [1.82, 2.24) is 9.88 Å². The number of benzene rings is 1. The fraction of sp³-hybridized carbons (Fsp3) is 0.400. The summed E-state index contributed by atoms with van der Waals surface area (Å²) in [7, 11) is 0. The predicted molar refractivity (Wildman–Crippen MR) is 96.0 cm³/mol. The average molecular weight is 340 g/mol. The fourth-order valence-corrected chi connectivity index (χ4v) is 3.33. The Bertz CT molecular complexity index is 718. The molecule has 5 heteroatoms. The highest BCUT2D eigenvalue weighted by Gasteiger charge is 2.30. The molecule has 132 valence electrons. The van der Waals surface area contributed by atoms with Crippen molar-refractivity contribution in [2.24, 2.45) is 0 Å². The third-order valence-corrected chi connectivity index (χ3v) is 4.62. The van der Waals surface area contributed by atoms with Gasteiger partial charge >= 0.3 is 5.97 Å². The molecule has 2 aromatic rings. The van der Waals surface area contributed by atoms with Gasteiger partial charge in [-0.05, 0) is 50.1 Å². The van der Waals surface area contributed by atoms with Crippen molar-refractivity contribution in [2.45, 2.75) is 38.8 Å². The van der Waals surface area contributed by atoms with Crippen molar-refractivity contribution in [2.75, 3.05) is 13.2 Å². The van der Waals surface area contributed by atoms with E-state index in [4.69, 9.17) is 4.74 Å². The zero-order chi connectivity index (χ0) is 17.6. The minimum atomic E-state index is -0.227. The normalized spacial score (nSPS) is 18.0. The van der Waals surface area contributed by atoms with Crippen LogP contribution in [0.25, 0.3) is 11.1 Å². The summed E-state index contributed by atoms with van der Waals surface area (Å²) in [6, 6.07) is 9.23. The molecule has 1 aliphatic heterocycles. The second-order valence-electron chi connectivity index (χ2n) is 6.32. The molecule has 5 nitrogen and oxygen atoms in total. The second kappa shape index (κ2) is 8.12. The number of rotatable bonds is 5. The van der Waals surface area contributed by atoms with Crippen molar-refractivity contribution >= 4 is 5.97 Å². The average Bonchev–Trinajstić information content (AvgIpc) is 2.65. The third kappa shape index (κ3) is 4.17. The summed E-state index contributed by atoms with van der Waals surface area (Å²) in [5.41, 5.74) is 2.83. The highest BCUT2D eigenvalue weighted by atomic mass is 16.5. The number of aromatic hydroxyl groups is 1. The van der Waals surface area contributed by atoms with E-state index in [1.54, 1.807) is 18.5 Å². The highest BCUT2D eigenvalue weighted by molar-refractivity contribution is 5.76. The molecule has 2 heterocycles. The molecule has 0 spiro atoms. The lowest BCUT2D eigenvalue weighted by atomic mass is 9.99. The van der Waals surface area contributed by atoms with Gasteiger partial charge < -0.3 is 9.84 Å². The number of pyridine rings is 1. The molecule has 0 radical (unpaired) electrons. The molecule has 1 N–H and O–H groups in total. The summed E-state index contributed by atoms with van der Waals surface area (Å²) in [5.74, 6) is 0.0888. The van der Waals surface area contributed by atoms with Crippen LogP contribution in [0, 0.1) is 0 Å². The van der Waals surface area contributed by atoms with E-state index in [2.05, 4.69) is 9.88 Å². The first-order chi connectivity index (χ1) is 12.2. The van der Waals surface area contributed by atoms with Crippen LogP contribution in [0.4, 0.5) is 0 Å². The summed E-state index contributed by atoms with van der Waals surface area (Å²) >= 11 is 0. The van der Waals surface area contributed by atoms with E-state index in [9.17, 15) is 9.90 Å². The number of phenols is 1. The lowest BCUT2D eigenvalue weighted by molar-refractivity contribution is -0.151. The molecule has 1 saturated heterocycles. The number of hydrogen-bond acceptors (Lipinski definition) is 5. The van der Waals surface area contributed by atoms with E-state index in [0.29, 0.717) is 13.2 Å². The van der Waals surface area contributed by atoms with Crippen molar-refractivity contribution in [3.05, 3.63) is 48.3 Å². The predicted octanol–water partition coefficient (Wildman–Crippen LogP) is 3.37. The molecular weight excluding hydrogens is 316 g/mol. The lowest BCUT2D eigenvalue weighted by Crippen LogP contribution is -2.44. The smallest absolute Gasteiger partial charge is 0.323 e. The molecule has 1 aliphatic rings. The zero-order valence-electron chi connectivity index (χ0n) is 14.5. The fourth-order valence-electron chi connectivity index (χ4n) is 3.33. The number of aromatic nitrogens is 1. The molecule has 1 aromatic carbocycles. The number of esters is 1. The van der Waals surface area contributed by atoms with Gasteiger partial charge in [-0.25, -0.2) is 0 Å². The number of phenolic OH excluding ortho intramolecular Hbond substituents is 1. The van der Waals surface area contributed by atoms with Crippen LogP contribution in [0.1, 0.15) is 31.7 Å². The van der Waals surface area contributed by atoms with Crippen LogP contribution < -0.4 is 0 Å². The topological polar surface area (TPSA) is 62.7 Å². The summed E-state index contributed by atoms with van der Waals surface area (Å²) in [4.78, 5) is 18.5. The van der Waals surface area contributed by atoms with Gasteiger partial charge in [0.15, 0.2) is 0 Å². The largest absolute Gasteiger partial charge is 0.508 e. The number of carbonyl (C=O) groups excluding carboxylic acids is 1. The summed E-state index contributed by atoms with van der Waals surface area (Å²) in [5, 5.41) is 10.3. The first-order valence-electron chi connectivity index (χ1n) is 8.82. The zero-order valence-corrected chi connectivity index (χ0v) is 14.5. The van der Waals surface area contributed by atoms with Gasteiger partial charge in [-0.1, -0.05) is 18.6 Å². The lowest BCUT2D eigenvalue weighted by Gasteiger charge is -2.34. The maximum absolute atomic E-state index is 12.2. The van der Waals surface area contributed by atoms with Crippen LogP contribution in [0.15, 0.2) is 42.7 Å². The van der Waals surface area contributed by atoms with E-state index >= 15 is 0 Å². The number of carbonyl (C=O) groups is 1. The Labute approximate surface area is 148 Å². The van der Waals surface area contributed by atoms with E-state index < -0.39 is 0 Å². The van der Waals surface area contributed by atoms with E-state index in [0.717, 1.165) is 42.5 Å². The molecule has 1 aromatic heterocycles. The molecule has 0 aliphatic carbocycles. The van der Waals surface area contributed by atoms with Gasteiger partial charge in [0.25, 0.3) is 0 Å². The third-order valence-electron chi connectivity index (χ3n) is 4.62. The Hall–Kier alpha value is -2.40.